The third-order valence-corrected chi connectivity index (χ3v) is 5.42. The van der Waals surface area contributed by atoms with E-state index < -0.39 is 5.69 Å². The summed E-state index contributed by atoms with van der Waals surface area (Å²) in [5.74, 6) is -0.0566. The number of aromatic nitrogens is 2. The van der Waals surface area contributed by atoms with Gasteiger partial charge in [-0.25, -0.2) is 0 Å². The number of hydrogen-bond donors (Lipinski definition) is 0. The Morgan fingerprint density at radius 2 is 1.62 bits per heavy atom. The molecule has 1 heterocycles. The first kappa shape index (κ1) is 21.3. The van der Waals surface area contributed by atoms with Crippen LogP contribution in [0.1, 0.15) is 42.0 Å². The summed E-state index contributed by atoms with van der Waals surface area (Å²) in [6.45, 7) is 8.37. The summed E-state index contributed by atoms with van der Waals surface area (Å²) in [6.07, 6.45) is 0. The molecule has 0 N–H and O–H groups in total. The van der Waals surface area contributed by atoms with Gasteiger partial charge in [0, 0.05) is 0 Å². The molecule has 0 saturated carbocycles. The third-order valence-electron chi connectivity index (χ3n) is 4.75. The van der Waals surface area contributed by atoms with Crippen LogP contribution in [0.25, 0.3) is 11.3 Å². The van der Waals surface area contributed by atoms with Crippen molar-refractivity contribution < 1.29 is 4.74 Å². The summed E-state index contributed by atoms with van der Waals surface area (Å²) in [6, 6.07) is 15.9. The molecule has 0 unspecified atom stereocenters. The Balaban J connectivity index is 2.15. The van der Waals surface area contributed by atoms with Crippen LogP contribution < -0.4 is 11.2 Å². The first-order valence-corrected chi connectivity index (χ1v) is 10.3. The first-order valence-electron chi connectivity index (χ1n) is 9.57. The zero-order valence-electron chi connectivity index (χ0n) is 17.1. The van der Waals surface area contributed by atoms with Gasteiger partial charge >= 0.3 is 179 Å². The van der Waals surface area contributed by atoms with E-state index in [2.05, 4.69) is 22.3 Å². The Kier molecular flexibility index (Phi) is 6.58. The van der Waals surface area contributed by atoms with Crippen LogP contribution in [-0.2, 0) is 18.1 Å². The van der Waals surface area contributed by atoms with Crippen LogP contribution in [-0.4, -0.2) is 24.4 Å². The maximum atomic E-state index is 13.0. The van der Waals surface area contributed by atoms with Gasteiger partial charge in [-0.1, -0.05) is 0 Å². The van der Waals surface area contributed by atoms with Crippen LogP contribution in [0.3, 0.4) is 0 Å². The molecule has 0 bridgehead atoms. The van der Waals surface area contributed by atoms with Gasteiger partial charge in [0.1, 0.15) is 0 Å². The quantitative estimate of drug-likeness (QED) is 0.534. The van der Waals surface area contributed by atoms with E-state index in [0.717, 1.165) is 25.8 Å². The summed E-state index contributed by atoms with van der Waals surface area (Å²) in [5, 5.41) is 0. The maximum absolute atomic E-state index is 13.0. The fourth-order valence-corrected chi connectivity index (χ4v) is 3.95. The van der Waals surface area contributed by atoms with Gasteiger partial charge in [0.15, 0.2) is 0 Å². The summed E-state index contributed by atoms with van der Waals surface area (Å²) in [5.41, 5.74) is 4.51. The summed E-state index contributed by atoms with van der Waals surface area (Å²) < 4.78 is 8.47. The minimum atomic E-state index is -0.429. The third kappa shape index (κ3) is 4.61. The number of rotatable bonds is 6. The van der Waals surface area contributed by atoms with Crippen molar-refractivity contribution in [2.45, 2.75) is 47.0 Å². The average molecular weight is 456 g/mol. The predicted molar refractivity (Wildman–Crippen MR) is 116 cm³/mol. The second-order valence-corrected chi connectivity index (χ2v) is 8.33. The molecule has 6 heteroatoms. The fourth-order valence-electron chi connectivity index (χ4n) is 3.54. The molecule has 0 aliphatic heterocycles. The molecular weight excluding hydrogens is 431 g/mol. The van der Waals surface area contributed by atoms with Crippen molar-refractivity contribution in [3.8, 4) is 11.3 Å². The average Bonchev–Trinajstić information content (AvgIpc) is 2.67. The van der Waals surface area contributed by atoms with Crippen LogP contribution in [0.2, 0.25) is 0 Å². The van der Waals surface area contributed by atoms with Gasteiger partial charge in [0.2, 0.25) is 0 Å². The van der Waals surface area contributed by atoms with Crippen molar-refractivity contribution in [3.63, 3.8) is 0 Å². The van der Waals surface area contributed by atoms with E-state index in [4.69, 9.17) is 4.74 Å². The van der Waals surface area contributed by atoms with Crippen LogP contribution >= 0.6 is 0 Å². The first-order chi connectivity index (χ1) is 13.8. The van der Waals surface area contributed by atoms with E-state index in [0.29, 0.717) is 17.9 Å². The van der Waals surface area contributed by atoms with Gasteiger partial charge in [-0.15, -0.1) is 0 Å². The van der Waals surface area contributed by atoms with E-state index >= 15 is 0 Å². The van der Waals surface area contributed by atoms with Gasteiger partial charge in [0.05, 0.1) is 0 Å². The Morgan fingerprint density at radius 3 is 2.21 bits per heavy atom. The van der Waals surface area contributed by atoms with Gasteiger partial charge in [-0.2, -0.15) is 0 Å². The number of ether oxygens (including phenoxy) is 1. The van der Waals surface area contributed by atoms with E-state index in [1.165, 1.54) is 0 Å². The minimum absolute atomic E-state index is 0.0533. The summed E-state index contributed by atoms with van der Waals surface area (Å²) >= 11 is 2.60. The molecular formula is C23H25N2O3Se. The Bertz CT molecular complexity index is 1110. The van der Waals surface area contributed by atoms with E-state index in [9.17, 15) is 9.59 Å². The molecule has 0 atom stereocenters. The molecule has 29 heavy (non-hydrogen) atoms. The van der Waals surface area contributed by atoms with Crippen molar-refractivity contribution in [3.05, 3.63) is 91.6 Å². The van der Waals surface area contributed by atoms with E-state index in [1.807, 2.05) is 70.2 Å². The molecule has 3 rings (SSSR count). The fraction of sp³-hybridized carbons (Fsp3) is 0.304. The second-order valence-electron chi connectivity index (χ2n) is 7.57. The van der Waals surface area contributed by atoms with Gasteiger partial charge in [0.25, 0.3) is 0 Å². The van der Waals surface area contributed by atoms with Crippen molar-refractivity contribution in [1.29, 1.82) is 0 Å². The molecule has 2 aromatic carbocycles. The van der Waals surface area contributed by atoms with Crippen molar-refractivity contribution in [2.75, 3.05) is 0 Å². The SMILES string of the molecule is Cc1cc(C)cc(-c2c(C(C)C)c(=O)n([Se])c(=O)n2COCc2ccccc2)c1. The Hall–Kier alpha value is -2.40. The normalized spacial score (nSPS) is 11.2. The number of aryl methyl sites for hydroxylation is 2. The molecule has 151 valence electrons. The molecule has 3 aromatic rings. The van der Waals surface area contributed by atoms with E-state index in [1.54, 1.807) is 4.57 Å². The molecule has 0 saturated heterocycles. The topological polar surface area (TPSA) is 53.2 Å². The Morgan fingerprint density at radius 1 is 1.00 bits per heavy atom. The summed E-state index contributed by atoms with van der Waals surface area (Å²) in [7, 11) is 0. The van der Waals surface area contributed by atoms with Crippen molar-refractivity contribution in [2.24, 2.45) is 0 Å². The Labute approximate surface area is 179 Å². The van der Waals surface area contributed by atoms with Gasteiger partial charge in [-0.05, 0) is 0 Å². The molecule has 0 fully saturated rings. The molecule has 1 aromatic heterocycles. The zero-order chi connectivity index (χ0) is 21.1. The predicted octanol–water partition coefficient (Wildman–Crippen LogP) is 3.52. The number of hydrogen-bond acceptors (Lipinski definition) is 3. The molecule has 0 spiro atoms. The number of benzene rings is 2. The molecule has 0 aliphatic carbocycles. The summed E-state index contributed by atoms with van der Waals surface area (Å²) in [4.78, 5) is 25.9. The van der Waals surface area contributed by atoms with Gasteiger partial charge < -0.3 is 0 Å². The van der Waals surface area contributed by atoms with Crippen LogP contribution in [0.4, 0.5) is 0 Å². The number of nitrogens with zero attached hydrogens (tertiary/aromatic N) is 2. The molecule has 0 aliphatic rings. The van der Waals surface area contributed by atoms with Crippen LogP contribution in [0, 0.1) is 13.8 Å². The molecule has 1 radical (unpaired) electrons. The monoisotopic (exact) mass is 457 g/mol. The van der Waals surface area contributed by atoms with Crippen LogP contribution in [0.15, 0.2) is 58.1 Å². The van der Waals surface area contributed by atoms with E-state index in [-0.39, 0.29) is 18.2 Å². The molecule has 5 nitrogen and oxygen atoms in total. The van der Waals surface area contributed by atoms with Crippen molar-refractivity contribution >= 4 is 16.2 Å². The second kappa shape index (κ2) is 8.95. The van der Waals surface area contributed by atoms with Crippen LogP contribution in [0.5, 0.6) is 0 Å². The molecule has 0 amide bonds. The van der Waals surface area contributed by atoms with Crippen molar-refractivity contribution in [1.82, 2.24) is 8.15 Å². The standard InChI is InChI=1S/C23H25N2O3Se/c1-15(2)20-21(19-11-16(3)10-17(4)12-19)24(23(27)25(29)22(20)26)14-28-13-18-8-6-5-7-9-18/h5-12,15H,13-14H2,1-4H3. The van der Waals surface area contributed by atoms with Gasteiger partial charge in [-0.3, -0.25) is 0 Å². The zero-order valence-corrected chi connectivity index (χ0v) is 18.9.